The monoisotopic (exact) mass is 346 g/mol. The number of esters is 1. The quantitative estimate of drug-likeness (QED) is 0.606. The Morgan fingerprint density at radius 3 is 2.64 bits per heavy atom. The number of amides is 2. The number of unbranched alkanes of at least 4 members (excludes halogenated alkanes) is 2. The van der Waals surface area contributed by atoms with Gasteiger partial charge in [-0.1, -0.05) is 37.5 Å². The summed E-state index contributed by atoms with van der Waals surface area (Å²) in [5.74, 6) is -0.990. The van der Waals surface area contributed by atoms with Crippen molar-refractivity contribution in [3.63, 3.8) is 0 Å². The van der Waals surface area contributed by atoms with Gasteiger partial charge in [-0.25, -0.2) is 0 Å². The van der Waals surface area contributed by atoms with Gasteiger partial charge in [-0.2, -0.15) is 0 Å². The van der Waals surface area contributed by atoms with E-state index in [0.29, 0.717) is 25.3 Å². The lowest BCUT2D eigenvalue weighted by atomic mass is 10.1. The molecule has 1 heterocycles. The number of piperazine rings is 1. The average molecular weight is 346 g/mol. The van der Waals surface area contributed by atoms with E-state index in [9.17, 15) is 14.4 Å². The molecule has 1 N–H and O–H groups in total. The van der Waals surface area contributed by atoms with E-state index in [1.54, 1.807) is 12.1 Å². The fraction of sp³-hybridized carbons (Fsp3) is 0.526. The number of ether oxygens (including phenoxy) is 1. The van der Waals surface area contributed by atoms with E-state index in [-0.39, 0.29) is 18.2 Å². The van der Waals surface area contributed by atoms with E-state index < -0.39 is 12.0 Å². The highest BCUT2D eigenvalue weighted by Gasteiger charge is 2.35. The molecule has 0 bridgehead atoms. The van der Waals surface area contributed by atoms with Crippen LogP contribution in [0.1, 0.15) is 48.5 Å². The number of rotatable bonds is 7. The molecule has 25 heavy (non-hydrogen) atoms. The summed E-state index contributed by atoms with van der Waals surface area (Å²) < 4.78 is 5.19. The van der Waals surface area contributed by atoms with Crippen molar-refractivity contribution in [2.45, 2.75) is 45.6 Å². The number of hydrogen-bond donors (Lipinski definition) is 1. The van der Waals surface area contributed by atoms with Gasteiger partial charge in [-0.3, -0.25) is 14.4 Å². The Labute approximate surface area is 148 Å². The van der Waals surface area contributed by atoms with Crippen LogP contribution in [0, 0.1) is 6.92 Å². The molecule has 6 nitrogen and oxygen atoms in total. The third kappa shape index (κ3) is 5.31. The second-order valence-electron chi connectivity index (χ2n) is 6.30. The standard InChI is InChI=1S/C19H26N2O4/c1-3-4-5-12-25-17(22)13-16-18(23)20-10-11-21(16)19(24)15-8-6-14(2)7-9-15/h6-9,16H,3-5,10-13H2,1-2H3,(H,20,23). The van der Waals surface area contributed by atoms with Crippen LogP contribution in [0.25, 0.3) is 0 Å². The van der Waals surface area contributed by atoms with E-state index in [1.165, 1.54) is 4.90 Å². The maximum atomic E-state index is 12.7. The summed E-state index contributed by atoms with van der Waals surface area (Å²) in [5.41, 5.74) is 1.57. The summed E-state index contributed by atoms with van der Waals surface area (Å²) in [6, 6.07) is 6.37. The SMILES string of the molecule is CCCCCOC(=O)CC1C(=O)NCCN1C(=O)c1ccc(C)cc1. The summed E-state index contributed by atoms with van der Waals surface area (Å²) in [7, 11) is 0. The van der Waals surface area contributed by atoms with Gasteiger partial charge < -0.3 is 15.0 Å². The van der Waals surface area contributed by atoms with Crippen molar-refractivity contribution in [2.24, 2.45) is 0 Å². The summed E-state index contributed by atoms with van der Waals surface area (Å²) in [6.07, 6.45) is 2.73. The van der Waals surface area contributed by atoms with E-state index in [0.717, 1.165) is 24.8 Å². The lowest BCUT2D eigenvalue weighted by Crippen LogP contribution is -2.57. The Balaban J connectivity index is 2.02. The van der Waals surface area contributed by atoms with Crippen LogP contribution < -0.4 is 5.32 Å². The highest BCUT2D eigenvalue weighted by Crippen LogP contribution is 2.15. The second-order valence-corrected chi connectivity index (χ2v) is 6.30. The Kier molecular flexibility index (Phi) is 6.98. The Morgan fingerprint density at radius 1 is 1.24 bits per heavy atom. The predicted molar refractivity (Wildman–Crippen MR) is 94.1 cm³/mol. The molecular formula is C19H26N2O4. The van der Waals surface area contributed by atoms with E-state index in [1.807, 2.05) is 19.1 Å². The van der Waals surface area contributed by atoms with Crippen LogP contribution in [-0.4, -0.2) is 48.4 Å². The first-order valence-electron chi connectivity index (χ1n) is 8.84. The highest BCUT2D eigenvalue weighted by molar-refractivity contribution is 5.99. The van der Waals surface area contributed by atoms with Crippen LogP contribution in [0.2, 0.25) is 0 Å². The molecule has 0 aromatic heterocycles. The van der Waals surface area contributed by atoms with Crippen molar-refractivity contribution in [2.75, 3.05) is 19.7 Å². The summed E-state index contributed by atoms with van der Waals surface area (Å²) in [6.45, 7) is 5.14. The number of carbonyl (C=O) groups is 3. The molecule has 0 saturated carbocycles. The molecule has 2 amide bonds. The van der Waals surface area contributed by atoms with Crippen LogP contribution in [0.3, 0.4) is 0 Å². The van der Waals surface area contributed by atoms with Gasteiger partial charge in [0, 0.05) is 18.7 Å². The van der Waals surface area contributed by atoms with Crippen molar-refractivity contribution in [1.82, 2.24) is 10.2 Å². The molecule has 0 aliphatic carbocycles. The number of nitrogens with zero attached hydrogens (tertiary/aromatic N) is 1. The normalized spacial score (nSPS) is 17.1. The molecule has 1 unspecified atom stereocenters. The van der Waals surface area contributed by atoms with Crippen LogP contribution in [0.15, 0.2) is 24.3 Å². The topological polar surface area (TPSA) is 75.7 Å². The minimum Gasteiger partial charge on any atom is -0.466 e. The summed E-state index contributed by atoms with van der Waals surface area (Å²) >= 11 is 0. The third-order valence-electron chi connectivity index (χ3n) is 4.26. The zero-order valence-corrected chi connectivity index (χ0v) is 14.9. The second kappa shape index (κ2) is 9.20. The average Bonchev–Trinajstić information content (AvgIpc) is 2.60. The molecule has 6 heteroatoms. The van der Waals surface area contributed by atoms with Gasteiger partial charge in [0.2, 0.25) is 5.91 Å². The first-order chi connectivity index (χ1) is 12.0. The maximum absolute atomic E-state index is 12.7. The molecule has 1 atom stereocenters. The maximum Gasteiger partial charge on any atom is 0.308 e. The van der Waals surface area contributed by atoms with Crippen LogP contribution in [0.5, 0.6) is 0 Å². The van der Waals surface area contributed by atoms with Gasteiger partial charge in [0.05, 0.1) is 13.0 Å². The lowest BCUT2D eigenvalue weighted by Gasteiger charge is -2.34. The van der Waals surface area contributed by atoms with Gasteiger partial charge in [-0.05, 0) is 25.5 Å². The Hall–Kier alpha value is -2.37. The molecular weight excluding hydrogens is 320 g/mol. The molecule has 1 aromatic carbocycles. The number of nitrogens with one attached hydrogen (secondary N) is 1. The van der Waals surface area contributed by atoms with Crippen molar-refractivity contribution < 1.29 is 19.1 Å². The number of benzene rings is 1. The zero-order valence-electron chi connectivity index (χ0n) is 14.9. The summed E-state index contributed by atoms with van der Waals surface area (Å²) in [5, 5.41) is 2.72. The molecule has 1 fully saturated rings. The molecule has 0 radical (unpaired) electrons. The number of carbonyl (C=O) groups excluding carboxylic acids is 3. The van der Waals surface area contributed by atoms with E-state index in [4.69, 9.17) is 4.74 Å². The number of aryl methyl sites for hydroxylation is 1. The van der Waals surface area contributed by atoms with Gasteiger partial charge in [0.25, 0.3) is 5.91 Å². The molecule has 1 aromatic rings. The predicted octanol–water partition coefficient (Wildman–Crippen LogP) is 2.06. The van der Waals surface area contributed by atoms with Gasteiger partial charge in [-0.15, -0.1) is 0 Å². The minimum absolute atomic E-state index is 0.116. The zero-order chi connectivity index (χ0) is 18.2. The lowest BCUT2D eigenvalue weighted by molar-refractivity contribution is -0.147. The van der Waals surface area contributed by atoms with Gasteiger partial charge in [0.15, 0.2) is 0 Å². The largest absolute Gasteiger partial charge is 0.466 e. The minimum atomic E-state index is -0.818. The van der Waals surface area contributed by atoms with Crippen LogP contribution in [0.4, 0.5) is 0 Å². The fourth-order valence-corrected chi connectivity index (χ4v) is 2.78. The first kappa shape index (κ1) is 19.0. The molecule has 1 saturated heterocycles. The third-order valence-corrected chi connectivity index (χ3v) is 4.26. The fourth-order valence-electron chi connectivity index (χ4n) is 2.78. The molecule has 1 aliphatic rings. The van der Waals surface area contributed by atoms with Gasteiger partial charge >= 0.3 is 5.97 Å². The smallest absolute Gasteiger partial charge is 0.308 e. The van der Waals surface area contributed by atoms with Crippen LogP contribution in [-0.2, 0) is 14.3 Å². The van der Waals surface area contributed by atoms with Gasteiger partial charge in [0.1, 0.15) is 6.04 Å². The molecule has 0 spiro atoms. The molecule has 2 rings (SSSR count). The molecule has 136 valence electrons. The number of hydrogen-bond acceptors (Lipinski definition) is 4. The van der Waals surface area contributed by atoms with Crippen molar-refractivity contribution in [3.8, 4) is 0 Å². The summed E-state index contributed by atoms with van der Waals surface area (Å²) in [4.78, 5) is 38.4. The van der Waals surface area contributed by atoms with Crippen molar-refractivity contribution in [1.29, 1.82) is 0 Å². The van der Waals surface area contributed by atoms with Crippen molar-refractivity contribution in [3.05, 3.63) is 35.4 Å². The Morgan fingerprint density at radius 2 is 1.96 bits per heavy atom. The van der Waals surface area contributed by atoms with Crippen LogP contribution >= 0.6 is 0 Å². The Bertz CT molecular complexity index is 612. The van der Waals surface area contributed by atoms with Crippen molar-refractivity contribution >= 4 is 17.8 Å². The molecule has 1 aliphatic heterocycles. The van der Waals surface area contributed by atoms with E-state index >= 15 is 0 Å². The first-order valence-corrected chi connectivity index (χ1v) is 8.84. The van der Waals surface area contributed by atoms with E-state index in [2.05, 4.69) is 12.2 Å². The highest BCUT2D eigenvalue weighted by atomic mass is 16.5.